The number of hydrogen-bond acceptors (Lipinski definition) is 14. The number of carbonyl (C=O) groups excluding carboxylic acids is 5. The average Bonchev–Trinajstić information content (AvgIpc) is 3.13. The fourth-order valence-corrected chi connectivity index (χ4v) is 3.90. The number of carbonyl (C=O) groups is 5. The van der Waals surface area contributed by atoms with Gasteiger partial charge >= 0.3 is 29.8 Å². The van der Waals surface area contributed by atoms with Crippen molar-refractivity contribution in [3.05, 3.63) is 92.1 Å². The van der Waals surface area contributed by atoms with E-state index in [9.17, 15) is 24.0 Å². The van der Waals surface area contributed by atoms with Gasteiger partial charge in [0.25, 0.3) is 0 Å². The smallest absolute Gasteiger partial charge is 0.333 e. The lowest BCUT2D eigenvalue weighted by molar-refractivity contribution is -0.160. The molecule has 59 heavy (non-hydrogen) atoms. The number of benzene rings is 1. The van der Waals surface area contributed by atoms with E-state index in [-0.39, 0.29) is 44.7 Å². The molecule has 1 aromatic rings. The Morgan fingerprint density at radius 2 is 0.763 bits per heavy atom. The zero-order valence-corrected chi connectivity index (χ0v) is 37.3. The lowest BCUT2D eigenvalue weighted by Gasteiger charge is -2.27. The number of esters is 5. The van der Waals surface area contributed by atoms with Crippen molar-refractivity contribution in [1.82, 2.24) is 0 Å². The molecule has 0 aliphatic carbocycles. The summed E-state index contributed by atoms with van der Waals surface area (Å²) < 4.78 is 47.8. The highest BCUT2D eigenvalue weighted by atomic mass is 16.6. The van der Waals surface area contributed by atoms with Crippen LogP contribution in [0.2, 0.25) is 0 Å². The molecular formula is C45H68O14. The molecule has 332 valence electrons. The minimum absolute atomic E-state index is 0.00656. The first-order valence-corrected chi connectivity index (χ1v) is 18.9. The first kappa shape index (κ1) is 56.0. The van der Waals surface area contributed by atoms with Crippen molar-refractivity contribution < 1.29 is 66.6 Å². The molecule has 1 aromatic carbocycles. The van der Waals surface area contributed by atoms with E-state index in [4.69, 9.17) is 42.6 Å². The van der Waals surface area contributed by atoms with Crippen LogP contribution in [0.3, 0.4) is 0 Å². The third-order valence-corrected chi connectivity index (χ3v) is 6.14. The molecule has 0 spiro atoms. The third kappa shape index (κ3) is 33.6. The van der Waals surface area contributed by atoms with E-state index < -0.39 is 53.3 Å². The van der Waals surface area contributed by atoms with Gasteiger partial charge in [-0.25, -0.2) is 24.0 Å². The molecule has 2 atom stereocenters. The normalized spacial score (nSPS) is 12.0. The maximum absolute atomic E-state index is 11.4. The predicted molar refractivity (Wildman–Crippen MR) is 225 cm³/mol. The minimum Gasteiger partial charge on any atom is -0.491 e. The molecular weight excluding hydrogens is 764 g/mol. The Morgan fingerprint density at radius 1 is 0.492 bits per heavy atom. The molecule has 0 aliphatic heterocycles. The molecule has 0 saturated heterocycles. The number of rotatable bonds is 21. The quantitative estimate of drug-likeness (QED) is 0.0682. The van der Waals surface area contributed by atoms with Crippen LogP contribution in [0.5, 0.6) is 5.75 Å². The fraction of sp³-hybridized carbons (Fsp3) is 0.533. The maximum atomic E-state index is 11.4. The van der Waals surface area contributed by atoms with Gasteiger partial charge in [0.15, 0.2) is 0 Å². The van der Waals surface area contributed by atoms with Crippen LogP contribution in [0.15, 0.2) is 92.1 Å². The topological polar surface area (TPSA) is 168 Å². The van der Waals surface area contributed by atoms with Crippen molar-refractivity contribution in [2.75, 3.05) is 39.6 Å². The Labute approximate surface area is 351 Å². The number of hydrogen-bond donors (Lipinski definition) is 0. The van der Waals surface area contributed by atoms with Crippen LogP contribution in [0.1, 0.15) is 83.1 Å². The van der Waals surface area contributed by atoms with E-state index >= 15 is 0 Å². The first-order valence-electron chi connectivity index (χ1n) is 18.9. The summed E-state index contributed by atoms with van der Waals surface area (Å²) in [6.45, 7) is 39.2. The van der Waals surface area contributed by atoms with E-state index in [2.05, 4.69) is 32.9 Å². The highest BCUT2D eigenvalue weighted by molar-refractivity contribution is 5.87. The summed E-state index contributed by atoms with van der Waals surface area (Å²) in [5.41, 5.74) is -0.322. The second kappa shape index (κ2) is 28.4. The Kier molecular flexibility index (Phi) is 27.0. The van der Waals surface area contributed by atoms with Crippen LogP contribution in [0.4, 0.5) is 0 Å². The molecule has 0 radical (unpaired) electrons. The van der Waals surface area contributed by atoms with Crippen molar-refractivity contribution in [3.63, 3.8) is 0 Å². The van der Waals surface area contributed by atoms with Crippen molar-refractivity contribution in [3.8, 4) is 5.75 Å². The van der Waals surface area contributed by atoms with Gasteiger partial charge in [-0.05, 0) is 95.2 Å². The molecule has 0 aromatic heterocycles. The molecule has 0 aliphatic rings. The molecule has 0 amide bonds. The summed E-state index contributed by atoms with van der Waals surface area (Å²) in [5.74, 6) is -1.76. The molecule has 0 heterocycles. The van der Waals surface area contributed by atoms with Crippen LogP contribution in [0, 0.1) is 0 Å². The molecule has 0 fully saturated rings. The maximum Gasteiger partial charge on any atom is 0.333 e. The van der Waals surface area contributed by atoms with Gasteiger partial charge in [0, 0.05) is 28.9 Å². The van der Waals surface area contributed by atoms with Crippen molar-refractivity contribution in [1.29, 1.82) is 0 Å². The second-order valence-corrected chi connectivity index (χ2v) is 16.0. The zero-order valence-electron chi connectivity index (χ0n) is 37.3. The van der Waals surface area contributed by atoms with Crippen molar-refractivity contribution in [2.24, 2.45) is 0 Å². The van der Waals surface area contributed by atoms with Gasteiger partial charge in [-0.1, -0.05) is 51.1 Å². The highest BCUT2D eigenvalue weighted by Crippen LogP contribution is 2.16. The molecule has 14 nitrogen and oxygen atoms in total. The molecule has 14 heteroatoms. The van der Waals surface area contributed by atoms with Crippen molar-refractivity contribution >= 4 is 29.8 Å². The average molecular weight is 833 g/mol. The molecule has 0 saturated carbocycles. The number of ether oxygens (including phenoxy) is 9. The van der Waals surface area contributed by atoms with Crippen LogP contribution in [-0.4, -0.2) is 105 Å². The molecule has 1 rings (SSSR count). The van der Waals surface area contributed by atoms with Gasteiger partial charge in [0.05, 0.1) is 16.8 Å². The Morgan fingerprint density at radius 3 is 1.02 bits per heavy atom. The summed E-state index contributed by atoms with van der Waals surface area (Å²) in [6.07, 6.45) is 0.785. The lowest BCUT2D eigenvalue weighted by Crippen LogP contribution is -2.35. The van der Waals surface area contributed by atoms with E-state index in [0.29, 0.717) is 23.3 Å². The van der Waals surface area contributed by atoms with E-state index in [1.54, 1.807) is 20.8 Å². The van der Waals surface area contributed by atoms with Gasteiger partial charge in [0.2, 0.25) is 0 Å². The zero-order chi connectivity index (χ0) is 46.0. The monoisotopic (exact) mass is 832 g/mol. The highest BCUT2D eigenvalue weighted by Gasteiger charge is 2.24. The Bertz CT molecular complexity index is 1490. The summed E-state index contributed by atoms with van der Waals surface area (Å²) in [6, 6.07) is 9.44. The summed E-state index contributed by atoms with van der Waals surface area (Å²) >= 11 is 0. The second-order valence-electron chi connectivity index (χ2n) is 16.0. The van der Waals surface area contributed by atoms with E-state index in [1.807, 2.05) is 92.6 Å². The largest absolute Gasteiger partial charge is 0.491 e. The van der Waals surface area contributed by atoms with Gasteiger partial charge in [-0.15, -0.1) is 0 Å². The lowest BCUT2D eigenvalue weighted by atomic mass is 10.2. The fourth-order valence-electron chi connectivity index (χ4n) is 3.90. The Balaban J connectivity index is 0. The van der Waals surface area contributed by atoms with Crippen LogP contribution < -0.4 is 4.74 Å². The van der Waals surface area contributed by atoms with Gasteiger partial charge < -0.3 is 42.6 Å². The first-order chi connectivity index (χ1) is 27.1. The standard InChI is InChI=1S/C16H22O4.C15H24O5.C14H22O5/c1-5-15(17)19-12-14(20-16(2,3)4)11-18-13-9-7-6-8-10-13;1-10(2)13(16)18-8-12(20-15(5,6)7)9-19-14(17)11(3)4;1-7-12(15)17-8-11(19-14(4,5)6)9-18-13(16)10(2)3/h5-10,14H,1,11-12H2,2-4H3;12H,1,3,8-9H2,2,4-7H3;7,11H,1-2,8-9H2,3-6H3. The minimum atomic E-state index is -0.547. The van der Waals surface area contributed by atoms with Crippen LogP contribution in [-0.2, 0) is 61.9 Å². The summed E-state index contributed by atoms with van der Waals surface area (Å²) in [4.78, 5) is 56.2. The van der Waals surface area contributed by atoms with Crippen molar-refractivity contribution in [2.45, 2.75) is 118 Å². The molecule has 0 bridgehead atoms. The molecule has 2 unspecified atom stereocenters. The third-order valence-electron chi connectivity index (χ3n) is 6.14. The predicted octanol–water partition coefficient (Wildman–Crippen LogP) is 7.41. The van der Waals surface area contributed by atoms with E-state index in [0.717, 1.165) is 17.9 Å². The summed E-state index contributed by atoms with van der Waals surface area (Å²) in [7, 11) is 0. The van der Waals surface area contributed by atoms with Gasteiger partial charge in [-0.2, -0.15) is 0 Å². The van der Waals surface area contributed by atoms with Gasteiger partial charge in [0.1, 0.15) is 63.7 Å². The molecule has 0 N–H and O–H groups in total. The SMILES string of the molecule is C=C(C)C(=O)OCC(COC(=O)C(=C)C)OC(C)(C)C.C=CC(=O)OCC(COC(=O)C(=C)C)OC(C)(C)C.C=CC(=O)OCC(COc1ccccc1)OC(C)(C)C. The van der Waals surface area contributed by atoms with Crippen LogP contribution >= 0.6 is 0 Å². The van der Waals surface area contributed by atoms with Crippen LogP contribution in [0.25, 0.3) is 0 Å². The van der Waals surface area contributed by atoms with E-state index in [1.165, 1.54) is 0 Å². The van der Waals surface area contributed by atoms with Gasteiger partial charge in [-0.3, -0.25) is 0 Å². The Hall–Kier alpha value is -5.05. The number of para-hydroxylation sites is 1. The summed E-state index contributed by atoms with van der Waals surface area (Å²) in [5, 5.41) is 0.